The number of anilines is 1. The third-order valence-electron chi connectivity index (χ3n) is 9.11. The van der Waals surface area contributed by atoms with Gasteiger partial charge in [0, 0.05) is 40.4 Å². The van der Waals surface area contributed by atoms with Gasteiger partial charge in [-0.15, -0.1) is 11.3 Å². The van der Waals surface area contributed by atoms with E-state index >= 15 is 0 Å². The van der Waals surface area contributed by atoms with Gasteiger partial charge in [-0.05, 0) is 119 Å². The smallest absolute Gasteiger partial charge is 0.166 e. The van der Waals surface area contributed by atoms with E-state index in [1.807, 2.05) is 18.5 Å². The van der Waals surface area contributed by atoms with Crippen molar-refractivity contribution in [1.29, 1.82) is 0 Å². The van der Waals surface area contributed by atoms with E-state index in [0.29, 0.717) is 30.0 Å². The maximum Gasteiger partial charge on any atom is 0.166 e. The molecule has 2 aromatic heterocycles. The molecule has 1 aliphatic heterocycles. The first-order valence-electron chi connectivity index (χ1n) is 17.4. The fourth-order valence-electron chi connectivity index (χ4n) is 6.95. The minimum absolute atomic E-state index is 0.0593. The number of nitrogen functional groups attached to an aromatic ring is 1. The molecule has 5 nitrogen and oxygen atoms in total. The molecular formula is C41H60N4OS. The van der Waals surface area contributed by atoms with Crippen molar-refractivity contribution in [2.75, 3.05) is 18.8 Å². The third kappa shape index (κ3) is 9.61. The van der Waals surface area contributed by atoms with E-state index in [4.69, 9.17) is 15.5 Å². The van der Waals surface area contributed by atoms with Gasteiger partial charge in [0.15, 0.2) is 11.6 Å². The normalized spacial score (nSPS) is 15.5. The minimum atomic E-state index is -0.0854. The summed E-state index contributed by atoms with van der Waals surface area (Å²) in [4.78, 5) is 13.1. The molecule has 0 saturated carbocycles. The van der Waals surface area contributed by atoms with Crippen LogP contribution in [0.15, 0.2) is 30.6 Å². The summed E-state index contributed by atoms with van der Waals surface area (Å²) in [6.07, 6.45) is 7.18. The predicted octanol–water partition coefficient (Wildman–Crippen LogP) is 10.4. The van der Waals surface area contributed by atoms with Crippen molar-refractivity contribution in [2.24, 2.45) is 11.3 Å². The lowest BCUT2D eigenvalue weighted by Gasteiger charge is -2.40. The third-order valence-corrected chi connectivity index (χ3v) is 10.3. The molecule has 4 rings (SSSR count). The number of ether oxygens (including phenoxy) is 1. The van der Waals surface area contributed by atoms with Crippen LogP contribution in [-0.4, -0.2) is 33.5 Å². The summed E-state index contributed by atoms with van der Waals surface area (Å²) in [6, 6.07) is 6.55. The molecule has 0 amide bonds. The van der Waals surface area contributed by atoms with Crippen molar-refractivity contribution in [3.8, 4) is 28.0 Å². The molecule has 0 atom stereocenters. The number of pyridine rings is 1. The Balaban J connectivity index is 1.63. The summed E-state index contributed by atoms with van der Waals surface area (Å²) in [5, 5.41) is 1.21. The molecule has 47 heavy (non-hydrogen) atoms. The monoisotopic (exact) mass is 656 g/mol. The van der Waals surface area contributed by atoms with Gasteiger partial charge < -0.3 is 10.5 Å². The molecule has 1 aromatic carbocycles. The van der Waals surface area contributed by atoms with E-state index in [-0.39, 0.29) is 21.8 Å². The standard InChI is InChI=1S/C41H60N4OS/c1-27(2)23-41(12,13)17-14-28-20-31(35(39(6,7)8)32(21-28)38(3,4)5)26-46-33-22-30(24-43-36(33)42)34-25-44-37(47-34)29-15-18-45(19-16-29)40(9,10)11/h20-22,24-25,27,29H,15-16,18-19,23,26H2,1-13H3,(H2,42,43). The molecule has 0 aliphatic carbocycles. The lowest BCUT2D eigenvalue weighted by molar-refractivity contribution is 0.102. The Morgan fingerprint density at radius 1 is 0.915 bits per heavy atom. The molecule has 0 radical (unpaired) electrons. The van der Waals surface area contributed by atoms with Crippen molar-refractivity contribution >= 4 is 17.2 Å². The SMILES string of the molecule is CC(C)CC(C)(C)C#Cc1cc(COc2cc(-c3cnc(C4CCN(C(C)(C)C)CC4)s3)cnc2N)c(C(C)(C)C)c(C(C)(C)C)c1. The number of benzene rings is 1. The molecule has 2 N–H and O–H groups in total. The van der Waals surface area contributed by atoms with Crippen molar-refractivity contribution in [3.05, 3.63) is 57.9 Å². The van der Waals surface area contributed by atoms with E-state index in [9.17, 15) is 0 Å². The zero-order valence-corrected chi connectivity index (χ0v) is 32.3. The molecular weight excluding hydrogens is 597 g/mol. The number of hydrogen-bond acceptors (Lipinski definition) is 6. The number of thiazole rings is 1. The molecule has 1 aliphatic rings. The van der Waals surface area contributed by atoms with Gasteiger partial charge in [-0.25, -0.2) is 9.97 Å². The van der Waals surface area contributed by atoms with Crippen LogP contribution in [0, 0.1) is 23.2 Å². The summed E-state index contributed by atoms with van der Waals surface area (Å²) in [5.74, 6) is 9.23. The highest BCUT2D eigenvalue weighted by atomic mass is 32.1. The quantitative estimate of drug-likeness (QED) is 0.256. The largest absolute Gasteiger partial charge is 0.485 e. The average molecular weight is 657 g/mol. The van der Waals surface area contributed by atoms with E-state index in [1.165, 1.54) is 16.1 Å². The zero-order chi connectivity index (χ0) is 34.9. The topological polar surface area (TPSA) is 64.3 Å². The molecule has 1 fully saturated rings. The van der Waals surface area contributed by atoms with Crippen molar-refractivity contribution in [2.45, 2.75) is 138 Å². The first kappa shape index (κ1) is 36.9. The van der Waals surface area contributed by atoms with Crippen molar-refractivity contribution < 1.29 is 4.74 Å². The number of hydrogen-bond donors (Lipinski definition) is 1. The lowest BCUT2D eigenvalue weighted by Crippen LogP contribution is -2.45. The predicted molar refractivity (Wildman–Crippen MR) is 201 cm³/mol. The Kier molecular flexibility index (Phi) is 10.9. The fraction of sp³-hybridized carbons (Fsp3) is 0.610. The van der Waals surface area contributed by atoms with E-state index in [0.717, 1.165) is 53.9 Å². The van der Waals surface area contributed by atoms with Crippen LogP contribution in [0.25, 0.3) is 10.4 Å². The van der Waals surface area contributed by atoms with Crippen LogP contribution in [-0.2, 0) is 17.4 Å². The highest BCUT2D eigenvalue weighted by molar-refractivity contribution is 7.15. The summed E-state index contributed by atoms with van der Waals surface area (Å²) in [6.45, 7) is 32.2. The Morgan fingerprint density at radius 2 is 1.57 bits per heavy atom. The first-order chi connectivity index (χ1) is 21.6. The van der Waals surface area contributed by atoms with Gasteiger partial charge in [0.05, 0.1) is 9.88 Å². The summed E-state index contributed by atoms with van der Waals surface area (Å²) in [5.41, 5.74) is 12.2. The second kappa shape index (κ2) is 13.9. The molecule has 6 heteroatoms. The van der Waals surface area contributed by atoms with Crippen LogP contribution in [0.3, 0.4) is 0 Å². The van der Waals surface area contributed by atoms with Gasteiger partial charge in [0.1, 0.15) is 6.61 Å². The Hall–Kier alpha value is -2.88. The summed E-state index contributed by atoms with van der Waals surface area (Å²) in [7, 11) is 0. The van der Waals surface area contributed by atoms with Crippen LogP contribution < -0.4 is 10.5 Å². The maximum atomic E-state index is 6.55. The van der Waals surface area contributed by atoms with Crippen LogP contribution in [0.2, 0.25) is 0 Å². The fourth-order valence-corrected chi connectivity index (χ4v) is 8.01. The Bertz CT molecular complexity index is 1590. The van der Waals surface area contributed by atoms with Crippen molar-refractivity contribution in [1.82, 2.24) is 14.9 Å². The molecule has 0 unspecified atom stereocenters. The highest BCUT2D eigenvalue weighted by Gasteiger charge is 2.30. The Labute approximate surface area is 290 Å². The maximum absolute atomic E-state index is 6.55. The number of piperidine rings is 1. The number of aromatic nitrogens is 2. The highest BCUT2D eigenvalue weighted by Crippen LogP contribution is 2.40. The van der Waals surface area contributed by atoms with Gasteiger partial charge in [-0.2, -0.15) is 0 Å². The average Bonchev–Trinajstić information content (AvgIpc) is 3.44. The number of nitrogens with zero attached hydrogens (tertiary/aromatic N) is 3. The number of likely N-dealkylation sites (tertiary alicyclic amines) is 1. The van der Waals surface area contributed by atoms with Gasteiger partial charge in [0.2, 0.25) is 0 Å². The lowest BCUT2D eigenvalue weighted by atomic mass is 9.72. The van der Waals surface area contributed by atoms with Crippen molar-refractivity contribution in [3.63, 3.8) is 0 Å². The molecule has 0 spiro atoms. The molecule has 1 saturated heterocycles. The van der Waals surface area contributed by atoms with Gasteiger partial charge in [-0.1, -0.05) is 67.2 Å². The Morgan fingerprint density at radius 3 is 2.15 bits per heavy atom. The number of nitrogens with two attached hydrogens (primary N) is 1. The molecule has 256 valence electrons. The van der Waals surface area contributed by atoms with E-state index in [1.54, 1.807) is 11.3 Å². The van der Waals surface area contributed by atoms with Gasteiger partial charge in [0.25, 0.3) is 0 Å². The van der Waals surface area contributed by atoms with Crippen LogP contribution >= 0.6 is 11.3 Å². The molecule has 3 aromatic rings. The summed E-state index contributed by atoms with van der Waals surface area (Å²) < 4.78 is 6.55. The van der Waals surface area contributed by atoms with Crippen LogP contribution in [0.5, 0.6) is 5.75 Å². The second-order valence-corrected chi connectivity index (χ2v) is 18.7. The second-order valence-electron chi connectivity index (χ2n) is 17.7. The van der Waals surface area contributed by atoms with Gasteiger partial charge >= 0.3 is 0 Å². The van der Waals surface area contributed by atoms with Crippen LogP contribution in [0.4, 0.5) is 5.82 Å². The number of rotatable bonds is 7. The first-order valence-corrected chi connectivity index (χ1v) is 18.3. The van der Waals surface area contributed by atoms with E-state index < -0.39 is 0 Å². The molecule has 3 heterocycles. The van der Waals surface area contributed by atoms with Crippen LogP contribution in [0.1, 0.15) is 142 Å². The minimum Gasteiger partial charge on any atom is -0.485 e. The van der Waals surface area contributed by atoms with E-state index in [2.05, 4.69) is 124 Å². The zero-order valence-electron chi connectivity index (χ0n) is 31.5. The summed E-state index contributed by atoms with van der Waals surface area (Å²) >= 11 is 1.77. The van der Waals surface area contributed by atoms with Gasteiger partial charge in [-0.3, -0.25) is 4.90 Å². The molecule has 0 bridgehead atoms.